The number of carbonyl (C=O) groups excluding carboxylic acids is 1. The summed E-state index contributed by atoms with van der Waals surface area (Å²) in [5.41, 5.74) is 0. The zero-order valence-electron chi connectivity index (χ0n) is 40.7. The molecule has 0 radical (unpaired) electrons. The molecule has 8 nitrogen and oxygen atoms in total. The lowest BCUT2D eigenvalue weighted by molar-refractivity contribution is -0.870. The highest BCUT2D eigenvalue weighted by Gasteiger charge is 2.28. The number of nitrogens with one attached hydrogen (secondary N) is 1. The molecule has 0 aliphatic carbocycles. The summed E-state index contributed by atoms with van der Waals surface area (Å²) in [5, 5.41) is 14.0. The Labute approximate surface area is 373 Å². The standard InChI is InChI=1S/C51H103N2O6P/c1-6-8-10-12-14-16-18-20-22-24-25-26-27-29-31-33-35-37-39-41-43-45-51(55)52-49(48-59-60(56,57)58-47-46-53(3,4)5)50(54)44-42-40-38-36-34-32-30-28-23-21-19-17-15-13-11-9-7-2/h20,22,49-50,54H,6-19,21,23-48H2,1-5H3,(H-,52,55,56,57)/p+1/b22-20+/t49-,50+/m0/s1. The molecule has 9 heteroatoms. The van der Waals surface area contributed by atoms with Gasteiger partial charge in [-0.25, -0.2) is 4.57 Å². The fourth-order valence-electron chi connectivity index (χ4n) is 7.87. The molecule has 0 bridgehead atoms. The minimum atomic E-state index is -4.31. The van der Waals surface area contributed by atoms with Gasteiger partial charge in [0.25, 0.3) is 0 Å². The zero-order chi connectivity index (χ0) is 44.3. The average Bonchev–Trinajstić information content (AvgIpc) is 3.20. The number of aliphatic hydroxyl groups is 1. The molecule has 0 fully saturated rings. The summed E-state index contributed by atoms with van der Waals surface area (Å²) >= 11 is 0. The van der Waals surface area contributed by atoms with E-state index in [0.717, 1.165) is 38.5 Å². The highest BCUT2D eigenvalue weighted by atomic mass is 31.2. The normalized spacial score (nSPS) is 14.2. The van der Waals surface area contributed by atoms with Gasteiger partial charge in [-0.15, -0.1) is 0 Å². The lowest BCUT2D eigenvalue weighted by Gasteiger charge is -2.26. The van der Waals surface area contributed by atoms with Crippen molar-refractivity contribution in [3.05, 3.63) is 12.2 Å². The van der Waals surface area contributed by atoms with Crippen LogP contribution in [0.25, 0.3) is 0 Å². The van der Waals surface area contributed by atoms with Gasteiger partial charge in [-0.1, -0.05) is 225 Å². The lowest BCUT2D eigenvalue weighted by atomic mass is 10.0. The number of quaternary nitrogens is 1. The summed E-state index contributed by atoms with van der Waals surface area (Å²) in [4.78, 5) is 23.3. The Morgan fingerprint density at radius 2 is 0.900 bits per heavy atom. The van der Waals surface area contributed by atoms with E-state index in [1.807, 2.05) is 21.1 Å². The maximum absolute atomic E-state index is 13.0. The number of amides is 1. The Kier molecular flexibility index (Phi) is 42.9. The van der Waals surface area contributed by atoms with Crippen molar-refractivity contribution in [2.45, 2.75) is 270 Å². The van der Waals surface area contributed by atoms with Crippen molar-refractivity contribution >= 4 is 13.7 Å². The van der Waals surface area contributed by atoms with Crippen LogP contribution in [0.2, 0.25) is 0 Å². The fourth-order valence-corrected chi connectivity index (χ4v) is 8.60. The van der Waals surface area contributed by atoms with Gasteiger partial charge in [0.2, 0.25) is 5.91 Å². The second-order valence-corrected chi connectivity index (χ2v) is 20.7. The molecule has 60 heavy (non-hydrogen) atoms. The molecule has 0 aliphatic heterocycles. The third kappa shape index (κ3) is 45.3. The van der Waals surface area contributed by atoms with E-state index < -0.39 is 20.0 Å². The Morgan fingerprint density at radius 3 is 1.28 bits per heavy atom. The number of phosphoric acid groups is 1. The van der Waals surface area contributed by atoms with Crippen LogP contribution < -0.4 is 5.32 Å². The van der Waals surface area contributed by atoms with Gasteiger partial charge in [0.05, 0.1) is 39.9 Å². The first-order valence-corrected chi connectivity index (χ1v) is 27.5. The molecule has 3 N–H and O–H groups in total. The van der Waals surface area contributed by atoms with Gasteiger partial charge in [-0.05, 0) is 38.5 Å². The van der Waals surface area contributed by atoms with Crippen LogP contribution in [0.5, 0.6) is 0 Å². The summed E-state index contributed by atoms with van der Waals surface area (Å²) < 4.78 is 23.7. The van der Waals surface area contributed by atoms with Crippen LogP contribution in [-0.2, 0) is 18.4 Å². The number of rotatable bonds is 48. The summed E-state index contributed by atoms with van der Waals surface area (Å²) in [6.45, 7) is 4.92. The molecule has 1 amide bonds. The first-order valence-electron chi connectivity index (χ1n) is 26.1. The molecular formula is C51H104N2O6P+. The lowest BCUT2D eigenvalue weighted by Crippen LogP contribution is -2.46. The van der Waals surface area contributed by atoms with Crippen LogP contribution in [0.15, 0.2) is 12.2 Å². The van der Waals surface area contributed by atoms with E-state index >= 15 is 0 Å². The minimum Gasteiger partial charge on any atom is -0.391 e. The van der Waals surface area contributed by atoms with Crippen molar-refractivity contribution in [3.8, 4) is 0 Å². The van der Waals surface area contributed by atoms with Crippen molar-refractivity contribution in [1.29, 1.82) is 0 Å². The third-order valence-corrected chi connectivity index (χ3v) is 13.0. The van der Waals surface area contributed by atoms with Crippen molar-refractivity contribution in [1.82, 2.24) is 5.32 Å². The molecule has 0 aromatic heterocycles. The van der Waals surface area contributed by atoms with Crippen LogP contribution in [0.3, 0.4) is 0 Å². The number of phosphoric ester groups is 1. The van der Waals surface area contributed by atoms with E-state index in [2.05, 4.69) is 31.3 Å². The fraction of sp³-hybridized carbons (Fsp3) is 0.941. The second kappa shape index (κ2) is 43.5. The molecule has 0 aromatic carbocycles. The predicted octanol–water partition coefficient (Wildman–Crippen LogP) is 15.1. The Hall–Kier alpha value is -0.760. The summed E-state index contributed by atoms with van der Waals surface area (Å²) in [6.07, 6.45) is 51.0. The van der Waals surface area contributed by atoms with Crippen molar-refractivity contribution < 1.29 is 32.9 Å². The Balaban J connectivity index is 4.22. The number of hydrogen-bond donors (Lipinski definition) is 3. The number of likely N-dealkylation sites (N-methyl/N-ethyl adjacent to an activating group) is 1. The number of carbonyl (C=O) groups is 1. The van der Waals surface area contributed by atoms with E-state index in [1.54, 1.807) is 0 Å². The zero-order valence-corrected chi connectivity index (χ0v) is 41.6. The number of hydrogen-bond acceptors (Lipinski definition) is 5. The average molecular weight is 872 g/mol. The molecule has 0 aliphatic rings. The van der Waals surface area contributed by atoms with Gasteiger partial charge in [0, 0.05) is 6.42 Å². The molecule has 358 valence electrons. The summed E-state index contributed by atoms with van der Waals surface area (Å²) in [7, 11) is 1.63. The van der Waals surface area contributed by atoms with Gasteiger partial charge in [0.1, 0.15) is 13.2 Å². The van der Waals surface area contributed by atoms with Crippen LogP contribution in [-0.4, -0.2) is 73.4 Å². The maximum atomic E-state index is 13.0. The number of unbranched alkanes of at least 4 members (excludes halogenated alkanes) is 33. The number of nitrogens with zero attached hydrogens (tertiary/aromatic N) is 1. The topological polar surface area (TPSA) is 105 Å². The largest absolute Gasteiger partial charge is 0.472 e. The van der Waals surface area contributed by atoms with Crippen LogP contribution in [0.4, 0.5) is 0 Å². The molecule has 0 saturated carbocycles. The minimum absolute atomic E-state index is 0.0770. The Morgan fingerprint density at radius 1 is 0.550 bits per heavy atom. The Bertz CT molecular complexity index is 989. The van der Waals surface area contributed by atoms with Gasteiger partial charge >= 0.3 is 7.82 Å². The van der Waals surface area contributed by atoms with Crippen molar-refractivity contribution in [2.75, 3.05) is 40.9 Å². The molecule has 1 unspecified atom stereocenters. The number of aliphatic hydroxyl groups excluding tert-OH is 1. The van der Waals surface area contributed by atoms with Gasteiger partial charge in [-0.3, -0.25) is 13.8 Å². The predicted molar refractivity (Wildman–Crippen MR) is 259 cm³/mol. The molecule has 0 heterocycles. The monoisotopic (exact) mass is 872 g/mol. The quantitative estimate of drug-likeness (QED) is 0.0243. The van der Waals surface area contributed by atoms with Gasteiger partial charge in [-0.2, -0.15) is 0 Å². The van der Waals surface area contributed by atoms with E-state index in [0.29, 0.717) is 23.9 Å². The van der Waals surface area contributed by atoms with Crippen LogP contribution >= 0.6 is 7.82 Å². The molecular weight excluding hydrogens is 768 g/mol. The molecule has 0 aromatic rings. The number of allylic oxidation sites excluding steroid dienone is 2. The smallest absolute Gasteiger partial charge is 0.391 e. The second-order valence-electron chi connectivity index (χ2n) is 19.3. The van der Waals surface area contributed by atoms with Crippen molar-refractivity contribution in [3.63, 3.8) is 0 Å². The molecule has 0 saturated heterocycles. The van der Waals surface area contributed by atoms with Gasteiger partial charge < -0.3 is 19.8 Å². The maximum Gasteiger partial charge on any atom is 0.472 e. The summed E-state index contributed by atoms with van der Waals surface area (Å²) in [5.74, 6) is -0.142. The van der Waals surface area contributed by atoms with E-state index in [-0.39, 0.29) is 19.1 Å². The third-order valence-electron chi connectivity index (χ3n) is 12.0. The van der Waals surface area contributed by atoms with Crippen molar-refractivity contribution in [2.24, 2.45) is 0 Å². The molecule has 0 spiro atoms. The molecule has 0 rings (SSSR count). The SMILES string of the molecule is CCCCCCCC/C=C/CCCCCCCCCCCCCC(=O)N[C@@H](COP(=O)(O)OCC[N+](C)(C)C)[C@H](O)CCCCCCCCCCCCCCCCCCC. The van der Waals surface area contributed by atoms with Crippen LogP contribution in [0, 0.1) is 0 Å². The van der Waals surface area contributed by atoms with E-state index in [9.17, 15) is 19.4 Å². The van der Waals surface area contributed by atoms with Gasteiger partial charge in [0.15, 0.2) is 0 Å². The highest BCUT2D eigenvalue weighted by Crippen LogP contribution is 2.43. The first kappa shape index (κ1) is 59.2. The van der Waals surface area contributed by atoms with E-state index in [1.165, 1.54) is 193 Å². The summed E-state index contributed by atoms with van der Waals surface area (Å²) in [6, 6.07) is -0.757. The molecule has 3 atom stereocenters. The van der Waals surface area contributed by atoms with Crippen LogP contribution in [0.1, 0.15) is 258 Å². The van der Waals surface area contributed by atoms with E-state index in [4.69, 9.17) is 9.05 Å². The highest BCUT2D eigenvalue weighted by molar-refractivity contribution is 7.47. The first-order chi connectivity index (χ1) is 29.0.